The lowest BCUT2D eigenvalue weighted by Gasteiger charge is -2.25. The zero-order valence-corrected chi connectivity index (χ0v) is 15.2. The molecule has 1 aromatic carbocycles. The monoisotopic (exact) mass is 363 g/mol. The summed E-state index contributed by atoms with van der Waals surface area (Å²) in [6.45, 7) is 6.34. The fourth-order valence-electron chi connectivity index (χ4n) is 3.66. The van der Waals surface area contributed by atoms with Crippen LogP contribution in [0.5, 0.6) is 0 Å². The zero-order valence-electron chi connectivity index (χ0n) is 14.4. The Bertz CT molecular complexity index is 621. The second kappa shape index (κ2) is 8.70. The Morgan fingerprint density at radius 2 is 1.76 bits per heavy atom. The molecule has 134 valence electrons. The summed E-state index contributed by atoms with van der Waals surface area (Å²) in [6, 6.07) is 7.42. The molecule has 0 aromatic heterocycles. The van der Waals surface area contributed by atoms with Crippen molar-refractivity contribution in [3.63, 3.8) is 0 Å². The van der Waals surface area contributed by atoms with E-state index in [1.807, 2.05) is 12.1 Å². The van der Waals surface area contributed by atoms with Crippen LogP contribution in [0.25, 0.3) is 0 Å². The maximum atomic E-state index is 12.4. The van der Waals surface area contributed by atoms with E-state index >= 15 is 0 Å². The topological polar surface area (TPSA) is 67.5 Å². The van der Waals surface area contributed by atoms with Gasteiger partial charge in [0.2, 0.25) is 0 Å². The van der Waals surface area contributed by atoms with Gasteiger partial charge in [-0.25, -0.2) is 0 Å². The Morgan fingerprint density at radius 1 is 1.12 bits per heavy atom. The van der Waals surface area contributed by atoms with Gasteiger partial charge < -0.3 is 10.2 Å². The molecule has 3 N–H and O–H groups in total. The molecule has 1 aliphatic carbocycles. The quantitative estimate of drug-likeness (QED) is 0.547. The summed E-state index contributed by atoms with van der Waals surface area (Å²) in [5.74, 6) is -0.705. The Kier molecular flexibility index (Phi) is 6.34. The van der Waals surface area contributed by atoms with E-state index in [4.69, 9.17) is 11.6 Å². The van der Waals surface area contributed by atoms with E-state index in [0.717, 1.165) is 12.1 Å². The number of quaternary nitrogens is 2. The Hall–Kier alpha value is -1.56. The van der Waals surface area contributed by atoms with Crippen LogP contribution in [0.4, 0.5) is 0 Å². The lowest BCUT2D eigenvalue weighted by molar-refractivity contribution is -0.945. The molecule has 5 nitrogen and oxygen atoms in total. The molecule has 2 fully saturated rings. The van der Waals surface area contributed by atoms with Crippen molar-refractivity contribution in [3.8, 4) is 0 Å². The highest BCUT2D eigenvalue weighted by molar-refractivity contribution is 6.30. The Morgan fingerprint density at radius 3 is 2.40 bits per heavy atom. The molecule has 0 unspecified atom stereocenters. The van der Waals surface area contributed by atoms with E-state index in [1.165, 1.54) is 26.2 Å². The summed E-state index contributed by atoms with van der Waals surface area (Å²) in [6.07, 6.45) is 2.40. The van der Waals surface area contributed by atoms with Crippen molar-refractivity contribution < 1.29 is 19.8 Å². The minimum atomic E-state index is -0.645. The maximum absolute atomic E-state index is 12.4. The molecule has 1 aromatic rings. The van der Waals surface area contributed by atoms with Gasteiger partial charge in [0.25, 0.3) is 0 Å². The second-order valence-corrected chi connectivity index (χ2v) is 7.42. The molecule has 0 atom stereocenters. The predicted octanol–water partition coefficient (Wildman–Crippen LogP) is -0.495. The molecule has 0 radical (unpaired) electrons. The first-order chi connectivity index (χ1) is 12.1. The van der Waals surface area contributed by atoms with Crippen LogP contribution in [0.15, 0.2) is 29.3 Å². The van der Waals surface area contributed by atoms with Crippen LogP contribution < -0.4 is 10.2 Å². The average molecular weight is 364 g/mol. The smallest absolute Gasteiger partial charge is 0.149 e. The summed E-state index contributed by atoms with van der Waals surface area (Å²) in [4.78, 5) is 30.8. The number of nitrogens with one attached hydrogen (secondary N) is 1. The number of carbonyl (C=O) groups excluding carboxylic acids is 2. The van der Waals surface area contributed by atoms with Crippen LogP contribution in [0.2, 0.25) is 5.02 Å². The van der Waals surface area contributed by atoms with E-state index in [0.29, 0.717) is 24.4 Å². The fraction of sp³-hybridized carbons (Fsp3) is 0.526. The van der Waals surface area contributed by atoms with Gasteiger partial charge in [-0.05, 0) is 23.6 Å². The number of halogens is 1. The predicted molar refractivity (Wildman–Crippen MR) is 97.5 cm³/mol. The summed E-state index contributed by atoms with van der Waals surface area (Å²) in [5, 5.41) is 3.00. The third-order valence-electron chi connectivity index (χ3n) is 5.18. The van der Waals surface area contributed by atoms with E-state index in [2.05, 4.69) is 10.3 Å². The highest BCUT2D eigenvalue weighted by Gasteiger charge is 2.34. The molecular formula is C19H26ClN3O2+2. The zero-order chi connectivity index (χ0) is 17.6. The first-order valence-electron chi connectivity index (χ1n) is 9.09. The molecule has 0 bridgehead atoms. The molecular weight excluding hydrogens is 338 g/mol. The van der Waals surface area contributed by atoms with Gasteiger partial charge in [0.05, 0.1) is 13.1 Å². The van der Waals surface area contributed by atoms with Gasteiger partial charge in [-0.1, -0.05) is 23.7 Å². The second-order valence-electron chi connectivity index (χ2n) is 6.99. The number of carbonyl (C=O) groups is 2. The molecule has 0 amide bonds. The third kappa shape index (κ3) is 4.97. The molecule has 0 spiro atoms. The van der Waals surface area contributed by atoms with Gasteiger partial charge in [0, 0.05) is 24.1 Å². The number of benzene rings is 1. The van der Waals surface area contributed by atoms with E-state index < -0.39 is 5.92 Å². The molecule has 1 saturated heterocycles. The number of ketones is 2. The summed E-state index contributed by atoms with van der Waals surface area (Å²) < 4.78 is 0. The van der Waals surface area contributed by atoms with Gasteiger partial charge in [-0.3, -0.25) is 14.6 Å². The summed E-state index contributed by atoms with van der Waals surface area (Å²) in [5.41, 5.74) is 1.01. The molecule has 1 saturated carbocycles. The first-order valence-corrected chi connectivity index (χ1v) is 9.47. The van der Waals surface area contributed by atoms with E-state index in [1.54, 1.807) is 23.2 Å². The molecule has 2 aliphatic rings. The first kappa shape index (κ1) is 18.2. The molecule has 25 heavy (non-hydrogen) atoms. The van der Waals surface area contributed by atoms with Crippen LogP contribution in [0.3, 0.4) is 0 Å². The van der Waals surface area contributed by atoms with Gasteiger partial charge in [-0.2, -0.15) is 0 Å². The van der Waals surface area contributed by atoms with Crippen LogP contribution in [0, 0.1) is 5.92 Å². The van der Waals surface area contributed by atoms with Crippen molar-refractivity contribution in [2.24, 2.45) is 10.9 Å². The maximum Gasteiger partial charge on any atom is 0.149 e. The van der Waals surface area contributed by atoms with Crippen molar-refractivity contribution in [2.75, 3.05) is 39.3 Å². The van der Waals surface area contributed by atoms with Crippen molar-refractivity contribution in [2.45, 2.75) is 18.8 Å². The highest BCUT2D eigenvalue weighted by atomic mass is 35.5. The van der Waals surface area contributed by atoms with E-state index in [-0.39, 0.29) is 17.5 Å². The number of piperazine rings is 1. The minimum absolute atomic E-state index is 0.0140. The standard InChI is InChI=1S/C19H24ClN3O2/c20-16-3-1-14(2-4-16)15-11-18(24)17(19(25)12-15)13-22-7-10-23-8-5-21-6-9-23/h1-4,13,15,17,21H,5-12H2/p+2. The number of aliphatic imine (C=N–C) groups is 1. The fourth-order valence-corrected chi connectivity index (χ4v) is 3.79. The third-order valence-corrected chi connectivity index (χ3v) is 5.44. The number of hydrogen-bond donors (Lipinski definition) is 2. The Labute approximate surface area is 153 Å². The van der Waals surface area contributed by atoms with Gasteiger partial charge in [0.15, 0.2) is 0 Å². The number of nitrogens with two attached hydrogens (primary N) is 1. The van der Waals surface area contributed by atoms with Crippen LogP contribution in [-0.2, 0) is 9.59 Å². The summed E-state index contributed by atoms with van der Waals surface area (Å²) in [7, 11) is 0. The SMILES string of the molecule is O=C1CC(c2ccc(Cl)cc2)CC(=O)C1C=NCC[NH+]1CC[NH2+]CC1. The highest BCUT2D eigenvalue weighted by Crippen LogP contribution is 2.31. The lowest BCUT2D eigenvalue weighted by atomic mass is 9.77. The van der Waals surface area contributed by atoms with Crippen molar-refractivity contribution >= 4 is 29.4 Å². The molecule has 3 rings (SSSR count). The van der Waals surface area contributed by atoms with Crippen LogP contribution >= 0.6 is 11.6 Å². The largest absolute Gasteiger partial charge is 0.337 e. The van der Waals surface area contributed by atoms with Gasteiger partial charge in [0.1, 0.15) is 43.7 Å². The number of hydrogen-bond acceptors (Lipinski definition) is 3. The molecule has 1 aliphatic heterocycles. The number of rotatable bonds is 5. The van der Waals surface area contributed by atoms with Crippen molar-refractivity contribution in [1.82, 2.24) is 0 Å². The van der Waals surface area contributed by atoms with Crippen LogP contribution in [-0.4, -0.2) is 57.0 Å². The molecule has 6 heteroatoms. The number of nitrogens with zero attached hydrogens (tertiary/aromatic N) is 1. The molecule has 1 heterocycles. The van der Waals surface area contributed by atoms with Crippen molar-refractivity contribution in [3.05, 3.63) is 34.9 Å². The van der Waals surface area contributed by atoms with Crippen LogP contribution in [0.1, 0.15) is 24.3 Å². The van der Waals surface area contributed by atoms with Gasteiger partial charge >= 0.3 is 0 Å². The minimum Gasteiger partial charge on any atom is -0.337 e. The average Bonchev–Trinajstić information content (AvgIpc) is 2.62. The normalized spacial score (nSPS) is 25.6. The number of Topliss-reactive ketones (excluding diaryl/α,β-unsaturated/α-hetero) is 2. The Balaban J connectivity index is 1.51. The van der Waals surface area contributed by atoms with E-state index in [9.17, 15) is 9.59 Å². The van der Waals surface area contributed by atoms with Gasteiger partial charge in [-0.15, -0.1) is 0 Å². The summed E-state index contributed by atoms with van der Waals surface area (Å²) >= 11 is 5.90. The van der Waals surface area contributed by atoms with Crippen molar-refractivity contribution in [1.29, 1.82) is 0 Å². The lowest BCUT2D eigenvalue weighted by Crippen LogP contribution is -3.20.